The fraction of sp³-hybridized carbons (Fsp3) is 0.417. The number of halogens is 4. The third-order valence-electron chi connectivity index (χ3n) is 6.76. The first-order valence-electron chi connectivity index (χ1n) is 11.0. The van der Waals surface area contributed by atoms with E-state index in [2.05, 4.69) is 5.32 Å². The minimum atomic E-state index is -5.29. The lowest BCUT2D eigenvalue weighted by molar-refractivity contribution is -0.262. The van der Waals surface area contributed by atoms with Gasteiger partial charge in [0.2, 0.25) is 0 Å². The average molecular weight is 513 g/mol. The predicted molar refractivity (Wildman–Crippen MR) is 120 cm³/mol. The zero-order chi connectivity index (χ0) is 25.4. The quantitative estimate of drug-likeness (QED) is 0.647. The van der Waals surface area contributed by atoms with E-state index in [1.54, 1.807) is 12.1 Å². The summed E-state index contributed by atoms with van der Waals surface area (Å²) in [5, 5.41) is 13.3. The van der Waals surface area contributed by atoms with Gasteiger partial charge in [-0.2, -0.15) is 13.2 Å². The third-order valence-corrected chi connectivity index (χ3v) is 6.99. The summed E-state index contributed by atoms with van der Waals surface area (Å²) in [7, 11) is 1.52. The number of carbonyl (C=O) groups excluding carboxylic acids is 2. The second-order valence-electron chi connectivity index (χ2n) is 8.64. The van der Waals surface area contributed by atoms with Crippen LogP contribution in [-0.4, -0.2) is 60.5 Å². The number of hydrogen-bond acceptors (Lipinski definition) is 5. The zero-order valence-corrected chi connectivity index (χ0v) is 19.5. The van der Waals surface area contributed by atoms with Crippen LogP contribution >= 0.6 is 11.6 Å². The molecule has 2 aromatic carbocycles. The fourth-order valence-corrected chi connectivity index (χ4v) is 5.09. The largest absolute Gasteiger partial charge is 0.496 e. The van der Waals surface area contributed by atoms with Crippen molar-refractivity contribution in [3.05, 3.63) is 64.7 Å². The number of likely N-dealkylation sites (tertiary alicyclic amines) is 1. The van der Waals surface area contributed by atoms with Crippen molar-refractivity contribution in [2.75, 3.05) is 26.7 Å². The van der Waals surface area contributed by atoms with Crippen LogP contribution in [0.1, 0.15) is 29.9 Å². The van der Waals surface area contributed by atoms with Crippen molar-refractivity contribution < 1.29 is 37.3 Å². The van der Waals surface area contributed by atoms with Crippen LogP contribution in [-0.2, 0) is 15.1 Å². The first-order chi connectivity index (χ1) is 16.5. The first-order valence-corrected chi connectivity index (χ1v) is 11.3. The number of alkyl carbamates (subject to hydrolysis) is 1. The van der Waals surface area contributed by atoms with Gasteiger partial charge in [-0.25, -0.2) is 4.79 Å². The molecule has 2 fully saturated rings. The van der Waals surface area contributed by atoms with E-state index in [9.17, 15) is 27.9 Å². The Balaban J connectivity index is 1.62. The Morgan fingerprint density at radius 3 is 2.51 bits per heavy atom. The summed E-state index contributed by atoms with van der Waals surface area (Å²) >= 11 is 5.83. The van der Waals surface area contributed by atoms with E-state index in [-0.39, 0.29) is 43.4 Å². The molecule has 2 aliphatic heterocycles. The Hall–Kier alpha value is -2.98. The topological polar surface area (TPSA) is 88.1 Å². The van der Waals surface area contributed by atoms with Crippen molar-refractivity contribution in [3.63, 3.8) is 0 Å². The van der Waals surface area contributed by atoms with Crippen LogP contribution in [0, 0.1) is 0 Å². The lowest BCUT2D eigenvalue weighted by Gasteiger charge is -2.49. The molecule has 11 heteroatoms. The third kappa shape index (κ3) is 4.40. The number of nitrogens with one attached hydrogen (secondary N) is 1. The maximum Gasteiger partial charge on any atom is 0.430 e. The molecule has 0 bridgehead atoms. The van der Waals surface area contributed by atoms with Crippen molar-refractivity contribution in [2.45, 2.75) is 36.1 Å². The number of alkyl halides is 3. The van der Waals surface area contributed by atoms with Crippen molar-refractivity contribution in [2.24, 2.45) is 0 Å². The van der Waals surface area contributed by atoms with Gasteiger partial charge in [0.05, 0.1) is 7.11 Å². The van der Waals surface area contributed by atoms with E-state index in [0.29, 0.717) is 5.75 Å². The van der Waals surface area contributed by atoms with Gasteiger partial charge in [-0.15, -0.1) is 0 Å². The van der Waals surface area contributed by atoms with E-state index in [0.717, 1.165) is 22.6 Å². The highest BCUT2D eigenvalue weighted by Gasteiger charge is 2.63. The van der Waals surface area contributed by atoms with Crippen LogP contribution in [0.4, 0.5) is 18.0 Å². The number of rotatable bonds is 4. The molecule has 7 nitrogen and oxygen atoms in total. The Kier molecular flexibility index (Phi) is 6.63. The molecule has 1 spiro atoms. The van der Waals surface area contributed by atoms with E-state index < -0.39 is 34.9 Å². The number of hydrogen-bond donors (Lipinski definition) is 2. The molecule has 0 saturated carbocycles. The highest BCUT2D eigenvalue weighted by Crippen LogP contribution is 2.46. The first kappa shape index (κ1) is 25.1. The molecule has 188 valence electrons. The summed E-state index contributed by atoms with van der Waals surface area (Å²) in [6, 6.07) is 11.7. The van der Waals surface area contributed by atoms with E-state index in [1.807, 2.05) is 12.1 Å². The molecule has 2 atom stereocenters. The van der Waals surface area contributed by atoms with Crippen LogP contribution in [0.2, 0.25) is 5.02 Å². The van der Waals surface area contributed by atoms with Gasteiger partial charge in [0, 0.05) is 54.5 Å². The smallest absolute Gasteiger partial charge is 0.430 e. The Bertz CT molecular complexity index is 1120. The minimum Gasteiger partial charge on any atom is -0.496 e. The normalized spacial score (nSPS) is 21.6. The summed E-state index contributed by atoms with van der Waals surface area (Å²) in [5.74, 6) is -1.28. The van der Waals surface area contributed by atoms with Crippen molar-refractivity contribution in [3.8, 4) is 5.75 Å². The zero-order valence-electron chi connectivity index (χ0n) is 18.8. The summed E-state index contributed by atoms with van der Waals surface area (Å²) in [6.07, 6.45) is -5.76. The fourth-order valence-electron chi connectivity index (χ4n) is 4.90. The molecule has 0 radical (unpaired) electrons. The second-order valence-corrected chi connectivity index (χ2v) is 9.08. The van der Waals surface area contributed by atoms with Gasteiger partial charge in [-0.05, 0) is 18.2 Å². The number of amides is 2. The number of aliphatic hydroxyl groups is 1. The van der Waals surface area contributed by atoms with E-state index in [4.69, 9.17) is 21.1 Å². The summed E-state index contributed by atoms with van der Waals surface area (Å²) < 4.78 is 53.4. The lowest BCUT2D eigenvalue weighted by atomic mass is 9.74. The molecular formula is C24H24ClF3N2O5. The molecule has 2 heterocycles. The summed E-state index contributed by atoms with van der Waals surface area (Å²) in [4.78, 5) is 26.2. The van der Waals surface area contributed by atoms with Crippen LogP contribution in [0.25, 0.3) is 0 Å². The molecule has 0 aliphatic carbocycles. The van der Waals surface area contributed by atoms with Crippen LogP contribution in [0.15, 0.2) is 48.5 Å². The molecule has 35 heavy (non-hydrogen) atoms. The SMILES string of the molecule is COc1ccccc1C1CNC(=O)OC12CCN(C(=O)[C@](O)(c1cccc(Cl)c1)C(F)(F)F)CC2. The number of benzene rings is 2. The number of piperidine rings is 1. The second kappa shape index (κ2) is 9.23. The minimum absolute atomic E-state index is 0.0446. The number of nitrogens with zero attached hydrogens (tertiary/aromatic N) is 1. The summed E-state index contributed by atoms with van der Waals surface area (Å²) in [6.45, 7) is -0.0738. The van der Waals surface area contributed by atoms with Gasteiger partial charge < -0.3 is 24.8 Å². The van der Waals surface area contributed by atoms with Crippen molar-refractivity contribution >= 4 is 23.6 Å². The molecule has 2 aromatic rings. The summed E-state index contributed by atoms with van der Waals surface area (Å²) in [5.41, 5.74) is -4.71. The van der Waals surface area contributed by atoms with Crippen molar-refractivity contribution in [1.82, 2.24) is 10.2 Å². The molecule has 0 aromatic heterocycles. The molecule has 2 aliphatic rings. The average Bonchev–Trinajstić information content (AvgIpc) is 2.83. The van der Waals surface area contributed by atoms with Crippen LogP contribution < -0.4 is 10.1 Å². The predicted octanol–water partition coefficient (Wildman–Crippen LogP) is 3.98. The maximum absolute atomic E-state index is 14.1. The van der Waals surface area contributed by atoms with Crippen LogP contribution in [0.3, 0.4) is 0 Å². The molecular weight excluding hydrogens is 489 g/mol. The van der Waals surface area contributed by atoms with Crippen molar-refractivity contribution in [1.29, 1.82) is 0 Å². The monoisotopic (exact) mass is 512 g/mol. The highest BCUT2D eigenvalue weighted by atomic mass is 35.5. The van der Waals surface area contributed by atoms with Gasteiger partial charge in [0.25, 0.3) is 11.5 Å². The van der Waals surface area contributed by atoms with Gasteiger partial charge in [0.15, 0.2) is 0 Å². The van der Waals surface area contributed by atoms with Gasteiger partial charge in [-0.1, -0.05) is 41.9 Å². The molecule has 1 unspecified atom stereocenters. The van der Waals surface area contributed by atoms with Gasteiger partial charge in [0.1, 0.15) is 11.4 Å². The Labute approximate surface area is 204 Å². The number of carbonyl (C=O) groups is 2. The number of methoxy groups -OCH3 is 1. The van der Waals surface area contributed by atoms with Gasteiger partial charge >= 0.3 is 12.3 Å². The highest BCUT2D eigenvalue weighted by molar-refractivity contribution is 6.30. The number of para-hydroxylation sites is 1. The lowest BCUT2D eigenvalue weighted by Crippen LogP contribution is -2.62. The molecule has 4 rings (SSSR count). The number of ether oxygens (including phenoxy) is 2. The standard InChI is InChI=1S/C24H24ClF3N2O5/c1-34-19-8-3-2-7-17(19)18-14-29-21(32)35-22(18)9-11-30(12-10-22)20(31)23(33,24(26,27)28)15-5-4-6-16(25)13-15/h2-8,13,18,33H,9-12,14H2,1H3,(H,29,32)/t18?,23-/m1/s1. The Morgan fingerprint density at radius 1 is 1.20 bits per heavy atom. The van der Waals surface area contributed by atoms with Crippen LogP contribution in [0.5, 0.6) is 5.75 Å². The van der Waals surface area contributed by atoms with Gasteiger partial charge in [-0.3, -0.25) is 4.79 Å². The van der Waals surface area contributed by atoms with E-state index in [1.165, 1.54) is 19.2 Å². The Morgan fingerprint density at radius 2 is 1.89 bits per heavy atom. The maximum atomic E-state index is 14.1. The van der Waals surface area contributed by atoms with E-state index >= 15 is 0 Å². The molecule has 2 amide bonds. The molecule has 2 N–H and O–H groups in total. The molecule has 2 saturated heterocycles.